The first-order chi connectivity index (χ1) is 12.1. The molecule has 4 N–H and O–H groups in total. The summed E-state index contributed by atoms with van der Waals surface area (Å²) in [6.07, 6.45) is 5.51. The Morgan fingerprint density at radius 3 is 2.52 bits per heavy atom. The van der Waals surface area contributed by atoms with Crippen LogP contribution in [0.2, 0.25) is 5.02 Å². The van der Waals surface area contributed by atoms with Crippen LogP contribution in [0.1, 0.15) is 16.1 Å². The fourth-order valence-corrected chi connectivity index (χ4v) is 1.91. The Labute approximate surface area is 148 Å². The van der Waals surface area contributed by atoms with Crippen LogP contribution in [-0.4, -0.2) is 40.1 Å². The zero-order valence-electron chi connectivity index (χ0n) is 13.1. The predicted octanol–water partition coefficient (Wildman–Crippen LogP) is 1.49. The molecular weight excluding hydrogens is 346 g/mol. The second-order valence-corrected chi connectivity index (χ2v) is 5.26. The van der Waals surface area contributed by atoms with E-state index in [0.29, 0.717) is 35.2 Å². The molecule has 0 aliphatic carbocycles. The summed E-state index contributed by atoms with van der Waals surface area (Å²) in [6.45, 7) is 0.873. The molecule has 130 valence electrons. The molecule has 2 amide bonds. The Bertz CT molecular complexity index is 747. The molecule has 0 bridgehead atoms. The average Bonchev–Trinajstić information content (AvgIpc) is 2.64. The van der Waals surface area contributed by atoms with Gasteiger partial charge in [0, 0.05) is 29.8 Å². The number of hydrogen-bond donors (Lipinski definition) is 4. The predicted molar refractivity (Wildman–Crippen MR) is 93.3 cm³/mol. The van der Waals surface area contributed by atoms with E-state index in [9.17, 15) is 9.59 Å². The van der Waals surface area contributed by atoms with E-state index in [1.165, 1.54) is 23.9 Å². The number of halogens is 1. The van der Waals surface area contributed by atoms with E-state index in [-0.39, 0.29) is 5.91 Å². The van der Waals surface area contributed by atoms with Gasteiger partial charge in [0.1, 0.15) is 5.82 Å². The second kappa shape index (κ2) is 9.36. The van der Waals surface area contributed by atoms with Gasteiger partial charge in [0.05, 0.1) is 18.1 Å². The Hall–Kier alpha value is -2.97. The van der Waals surface area contributed by atoms with Gasteiger partial charge in [-0.3, -0.25) is 19.8 Å². The molecule has 25 heavy (non-hydrogen) atoms. The first kappa shape index (κ1) is 18.4. The van der Waals surface area contributed by atoms with Crippen molar-refractivity contribution in [2.24, 2.45) is 0 Å². The van der Waals surface area contributed by atoms with Crippen LogP contribution in [0.3, 0.4) is 0 Å². The van der Waals surface area contributed by atoms with E-state index < -0.39 is 5.91 Å². The molecule has 0 unspecified atom stereocenters. The topological polar surface area (TPSA) is 116 Å². The van der Waals surface area contributed by atoms with Gasteiger partial charge >= 0.3 is 0 Å². The Balaban J connectivity index is 1.74. The molecule has 1 heterocycles. The summed E-state index contributed by atoms with van der Waals surface area (Å²) in [5.74, 6) is -0.308. The van der Waals surface area contributed by atoms with Gasteiger partial charge in [-0.15, -0.1) is 0 Å². The van der Waals surface area contributed by atoms with E-state index in [0.717, 1.165) is 6.08 Å². The summed E-state index contributed by atoms with van der Waals surface area (Å²) in [5, 5.41) is 14.7. The summed E-state index contributed by atoms with van der Waals surface area (Å²) in [5.41, 5.74) is 2.47. The van der Waals surface area contributed by atoms with Crippen LogP contribution in [0.4, 0.5) is 5.82 Å². The lowest BCUT2D eigenvalue weighted by atomic mass is 10.2. The number of carbonyl (C=O) groups is 2. The molecule has 2 aromatic rings. The highest BCUT2D eigenvalue weighted by Gasteiger charge is 2.04. The van der Waals surface area contributed by atoms with E-state index in [1.54, 1.807) is 24.3 Å². The molecule has 8 nitrogen and oxygen atoms in total. The van der Waals surface area contributed by atoms with Gasteiger partial charge in [-0.05, 0) is 30.3 Å². The maximum Gasteiger partial charge on any atom is 0.267 e. The zero-order valence-corrected chi connectivity index (χ0v) is 13.8. The first-order valence-electron chi connectivity index (χ1n) is 7.30. The number of carbonyl (C=O) groups excluding carboxylic acids is 2. The lowest BCUT2D eigenvalue weighted by Crippen LogP contribution is -2.28. The van der Waals surface area contributed by atoms with Crippen LogP contribution >= 0.6 is 11.6 Å². The van der Waals surface area contributed by atoms with Crippen molar-refractivity contribution in [3.05, 3.63) is 59.0 Å². The largest absolute Gasteiger partial charge is 0.367 e. The number of hydrogen-bond acceptors (Lipinski definition) is 6. The third-order valence-corrected chi connectivity index (χ3v) is 3.26. The minimum Gasteiger partial charge on any atom is -0.367 e. The lowest BCUT2D eigenvalue weighted by molar-refractivity contribution is -0.124. The van der Waals surface area contributed by atoms with Crippen molar-refractivity contribution in [1.29, 1.82) is 0 Å². The number of amides is 2. The van der Waals surface area contributed by atoms with Crippen LogP contribution < -0.4 is 16.1 Å². The molecule has 0 atom stereocenters. The highest BCUT2D eigenvalue weighted by Crippen LogP contribution is 2.09. The number of aromatic nitrogens is 2. The lowest BCUT2D eigenvalue weighted by Gasteiger charge is -2.07. The third kappa shape index (κ3) is 6.21. The second-order valence-electron chi connectivity index (χ2n) is 4.83. The van der Waals surface area contributed by atoms with Crippen LogP contribution in [0.25, 0.3) is 6.08 Å². The van der Waals surface area contributed by atoms with Crippen LogP contribution in [-0.2, 0) is 4.79 Å². The third-order valence-electron chi connectivity index (χ3n) is 3.01. The normalized spacial score (nSPS) is 10.5. The number of rotatable bonds is 7. The summed E-state index contributed by atoms with van der Waals surface area (Å²) < 4.78 is 0. The Kier molecular flexibility index (Phi) is 6.87. The number of benzene rings is 1. The highest BCUT2D eigenvalue weighted by atomic mass is 35.5. The van der Waals surface area contributed by atoms with Gasteiger partial charge in [-0.25, -0.2) is 10.5 Å². The van der Waals surface area contributed by atoms with Gasteiger partial charge in [0.2, 0.25) is 0 Å². The first-order valence-corrected chi connectivity index (χ1v) is 7.68. The van der Waals surface area contributed by atoms with Crippen molar-refractivity contribution in [3.63, 3.8) is 0 Å². The monoisotopic (exact) mass is 361 g/mol. The fourth-order valence-electron chi connectivity index (χ4n) is 1.78. The van der Waals surface area contributed by atoms with Gasteiger partial charge in [-0.2, -0.15) is 0 Å². The Morgan fingerprint density at radius 2 is 1.88 bits per heavy atom. The molecule has 0 aliphatic heterocycles. The van der Waals surface area contributed by atoms with E-state index in [2.05, 4.69) is 20.6 Å². The fraction of sp³-hybridized carbons (Fsp3) is 0.125. The van der Waals surface area contributed by atoms with E-state index in [1.807, 2.05) is 0 Å². The highest BCUT2D eigenvalue weighted by molar-refractivity contribution is 6.30. The van der Waals surface area contributed by atoms with Crippen molar-refractivity contribution < 1.29 is 14.8 Å². The van der Waals surface area contributed by atoms with Crippen LogP contribution in [0.5, 0.6) is 0 Å². The Morgan fingerprint density at radius 1 is 1.12 bits per heavy atom. The molecule has 1 aromatic heterocycles. The van der Waals surface area contributed by atoms with Gasteiger partial charge < -0.3 is 10.6 Å². The minimum absolute atomic E-state index is 0.188. The maximum absolute atomic E-state index is 11.9. The van der Waals surface area contributed by atoms with Crippen LogP contribution in [0.15, 0.2) is 42.7 Å². The van der Waals surface area contributed by atoms with Crippen molar-refractivity contribution in [2.75, 3.05) is 18.4 Å². The summed E-state index contributed by atoms with van der Waals surface area (Å²) >= 11 is 5.78. The number of anilines is 1. The van der Waals surface area contributed by atoms with Crippen molar-refractivity contribution in [3.8, 4) is 0 Å². The van der Waals surface area contributed by atoms with Gasteiger partial charge in [0.25, 0.3) is 11.8 Å². The van der Waals surface area contributed by atoms with Crippen LogP contribution in [0, 0.1) is 0 Å². The van der Waals surface area contributed by atoms with E-state index >= 15 is 0 Å². The molecule has 1 aromatic carbocycles. The van der Waals surface area contributed by atoms with Gasteiger partial charge in [-0.1, -0.05) is 11.6 Å². The quantitative estimate of drug-likeness (QED) is 0.257. The minimum atomic E-state index is -0.652. The molecule has 0 aliphatic rings. The summed E-state index contributed by atoms with van der Waals surface area (Å²) in [4.78, 5) is 30.9. The standard InChI is InChI=1S/C16H16ClN5O3/c17-12-3-1-11(2-4-12)16(24)19-8-7-18-14-10-20-13(9-21-14)5-6-15(23)22-25/h1-6,9-10,25H,7-8H2,(H,18,21)(H,19,24)(H,22,23)/b6-5+. The number of nitrogens with zero attached hydrogens (tertiary/aromatic N) is 2. The van der Waals surface area contributed by atoms with Crippen molar-refractivity contribution in [2.45, 2.75) is 0 Å². The molecule has 0 fully saturated rings. The summed E-state index contributed by atoms with van der Waals surface area (Å²) in [6, 6.07) is 6.62. The van der Waals surface area contributed by atoms with Crippen molar-refractivity contribution in [1.82, 2.24) is 20.8 Å². The number of hydroxylamine groups is 1. The van der Waals surface area contributed by atoms with Gasteiger partial charge in [0.15, 0.2) is 0 Å². The van der Waals surface area contributed by atoms with E-state index in [4.69, 9.17) is 16.8 Å². The van der Waals surface area contributed by atoms with Crippen molar-refractivity contribution >= 4 is 35.3 Å². The molecule has 0 spiro atoms. The molecule has 9 heteroatoms. The SMILES string of the molecule is O=C(/C=C/c1cnc(NCCNC(=O)c2ccc(Cl)cc2)cn1)NO. The molecule has 0 saturated heterocycles. The maximum atomic E-state index is 11.9. The summed E-state index contributed by atoms with van der Waals surface area (Å²) in [7, 11) is 0. The zero-order chi connectivity index (χ0) is 18.1. The molecular formula is C16H16ClN5O3. The smallest absolute Gasteiger partial charge is 0.267 e. The molecule has 2 rings (SSSR count). The molecule has 0 saturated carbocycles. The average molecular weight is 362 g/mol. The number of nitrogens with one attached hydrogen (secondary N) is 3. The molecule has 0 radical (unpaired) electrons.